The summed E-state index contributed by atoms with van der Waals surface area (Å²) in [6.07, 6.45) is 0. The first-order valence-electron chi connectivity index (χ1n) is 5.89. The second kappa shape index (κ2) is 4.88. The number of hydrogen-bond donors (Lipinski definition) is 0. The van der Waals surface area contributed by atoms with Crippen LogP contribution in [-0.2, 0) is 13.1 Å². The summed E-state index contributed by atoms with van der Waals surface area (Å²) < 4.78 is 1.10. The van der Waals surface area contributed by atoms with Crippen LogP contribution >= 0.6 is 27.5 Å². The van der Waals surface area contributed by atoms with Crippen LogP contribution in [0.4, 0.5) is 5.69 Å². The minimum absolute atomic E-state index is 0.511. The van der Waals surface area contributed by atoms with Crippen molar-refractivity contribution in [3.8, 4) is 6.07 Å². The number of halogens is 2. The predicted molar refractivity (Wildman–Crippen MR) is 80.2 cm³/mol. The molecule has 0 aliphatic carbocycles. The fourth-order valence-corrected chi connectivity index (χ4v) is 2.96. The lowest BCUT2D eigenvalue weighted by Gasteiger charge is -2.18. The van der Waals surface area contributed by atoms with Crippen LogP contribution in [-0.4, -0.2) is 0 Å². The maximum absolute atomic E-state index is 8.89. The van der Waals surface area contributed by atoms with Gasteiger partial charge < -0.3 is 4.90 Å². The summed E-state index contributed by atoms with van der Waals surface area (Å²) in [6.45, 7) is 1.75. The molecular weight excluding hydrogens is 324 g/mol. The van der Waals surface area contributed by atoms with Crippen molar-refractivity contribution in [2.24, 2.45) is 0 Å². The minimum atomic E-state index is 0.511. The molecule has 2 nitrogen and oxygen atoms in total. The third-order valence-electron chi connectivity index (χ3n) is 3.33. The van der Waals surface area contributed by atoms with E-state index in [0.717, 1.165) is 23.2 Å². The van der Waals surface area contributed by atoms with Crippen molar-refractivity contribution < 1.29 is 0 Å². The van der Waals surface area contributed by atoms with Crippen molar-refractivity contribution in [2.75, 3.05) is 4.90 Å². The van der Waals surface area contributed by atoms with E-state index in [4.69, 9.17) is 16.9 Å². The SMILES string of the molecule is N#Cc1ccc(N2Cc3ccc(Br)cc3C2)cc1Cl. The second-order valence-corrected chi connectivity index (χ2v) is 5.87. The molecule has 4 heteroatoms. The zero-order chi connectivity index (χ0) is 13.4. The van der Waals surface area contributed by atoms with E-state index in [1.165, 1.54) is 11.1 Å². The first kappa shape index (κ1) is 12.5. The molecule has 1 aliphatic rings. The molecule has 1 aliphatic heterocycles. The highest BCUT2D eigenvalue weighted by molar-refractivity contribution is 9.10. The molecule has 0 N–H and O–H groups in total. The van der Waals surface area contributed by atoms with Crippen LogP contribution in [0.2, 0.25) is 5.02 Å². The molecule has 0 saturated carbocycles. The van der Waals surface area contributed by atoms with E-state index in [9.17, 15) is 0 Å². The summed E-state index contributed by atoms with van der Waals surface area (Å²) in [6, 6.07) is 14.0. The monoisotopic (exact) mass is 332 g/mol. The first-order valence-corrected chi connectivity index (χ1v) is 7.06. The van der Waals surface area contributed by atoms with Crippen molar-refractivity contribution in [1.82, 2.24) is 0 Å². The average Bonchev–Trinajstić information content (AvgIpc) is 2.81. The van der Waals surface area contributed by atoms with Crippen LogP contribution in [0, 0.1) is 11.3 Å². The van der Waals surface area contributed by atoms with E-state index in [-0.39, 0.29) is 0 Å². The van der Waals surface area contributed by atoms with Crippen LogP contribution in [0.1, 0.15) is 16.7 Å². The van der Waals surface area contributed by atoms with Crippen molar-refractivity contribution in [3.63, 3.8) is 0 Å². The number of rotatable bonds is 1. The van der Waals surface area contributed by atoms with Gasteiger partial charge in [0.2, 0.25) is 0 Å². The fourth-order valence-electron chi connectivity index (χ4n) is 2.34. The molecule has 2 aromatic rings. The molecular formula is C15H10BrClN2. The lowest BCUT2D eigenvalue weighted by Crippen LogP contribution is -2.14. The van der Waals surface area contributed by atoms with Gasteiger partial charge in [0.05, 0.1) is 10.6 Å². The Hall–Kier alpha value is -1.50. The van der Waals surface area contributed by atoms with E-state index in [1.807, 2.05) is 12.1 Å². The number of fused-ring (bicyclic) bond motifs is 1. The van der Waals surface area contributed by atoms with Crippen LogP contribution in [0.3, 0.4) is 0 Å². The highest BCUT2D eigenvalue weighted by atomic mass is 79.9. The van der Waals surface area contributed by atoms with E-state index < -0.39 is 0 Å². The molecule has 1 heterocycles. The number of nitriles is 1. The van der Waals surface area contributed by atoms with Gasteiger partial charge in [0.25, 0.3) is 0 Å². The van der Waals surface area contributed by atoms with Crippen LogP contribution in [0.5, 0.6) is 0 Å². The van der Waals surface area contributed by atoms with Gasteiger partial charge in [0.15, 0.2) is 0 Å². The molecule has 0 atom stereocenters. The maximum Gasteiger partial charge on any atom is 0.101 e. The molecule has 0 fully saturated rings. The zero-order valence-corrected chi connectivity index (χ0v) is 12.4. The molecule has 0 radical (unpaired) electrons. The van der Waals surface area contributed by atoms with Gasteiger partial charge in [-0.25, -0.2) is 0 Å². The molecule has 0 aromatic heterocycles. The summed E-state index contributed by atoms with van der Waals surface area (Å²) in [4.78, 5) is 2.25. The number of benzene rings is 2. The van der Waals surface area contributed by atoms with E-state index in [0.29, 0.717) is 10.6 Å². The summed E-state index contributed by atoms with van der Waals surface area (Å²) >= 11 is 9.58. The highest BCUT2D eigenvalue weighted by Crippen LogP contribution is 2.32. The molecule has 0 saturated heterocycles. The first-order chi connectivity index (χ1) is 9.17. The van der Waals surface area contributed by atoms with Gasteiger partial charge in [-0.1, -0.05) is 33.6 Å². The Bertz CT molecular complexity index is 691. The van der Waals surface area contributed by atoms with Gasteiger partial charge >= 0.3 is 0 Å². The average molecular weight is 334 g/mol. The molecule has 3 rings (SSSR count). The number of nitrogens with zero attached hydrogens (tertiary/aromatic N) is 2. The molecule has 2 aromatic carbocycles. The highest BCUT2D eigenvalue weighted by Gasteiger charge is 2.19. The molecule has 0 spiro atoms. The van der Waals surface area contributed by atoms with E-state index in [1.54, 1.807) is 6.07 Å². The van der Waals surface area contributed by atoms with E-state index in [2.05, 4.69) is 45.1 Å². The minimum Gasteiger partial charge on any atom is -0.363 e. The summed E-state index contributed by atoms with van der Waals surface area (Å²) in [5.41, 5.74) is 4.24. The third-order valence-corrected chi connectivity index (χ3v) is 4.13. The van der Waals surface area contributed by atoms with Gasteiger partial charge in [-0.2, -0.15) is 5.26 Å². The Balaban J connectivity index is 1.91. The van der Waals surface area contributed by atoms with Crippen LogP contribution in [0.15, 0.2) is 40.9 Å². The Kier molecular flexibility index (Phi) is 3.22. The van der Waals surface area contributed by atoms with Gasteiger partial charge in [-0.3, -0.25) is 0 Å². The standard InChI is InChI=1S/C15H10BrClN2/c16-13-3-1-11-8-19(9-12(11)5-13)14-4-2-10(7-18)15(17)6-14/h1-6H,8-9H2. The molecule has 19 heavy (non-hydrogen) atoms. The van der Waals surface area contributed by atoms with Crippen molar-refractivity contribution >= 4 is 33.2 Å². The predicted octanol–water partition coefficient (Wildman–Crippen LogP) is 4.49. The number of anilines is 1. The summed E-state index contributed by atoms with van der Waals surface area (Å²) in [5, 5.41) is 9.41. The Labute approximate surface area is 125 Å². The maximum atomic E-state index is 8.89. The van der Waals surface area contributed by atoms with Crippen molar-refractivity contribution in [3.05, 3.63) is 62.6 Å². The molecule has 0 bridgehead atoms. The molecule has 0 unspecified atom stereocenters. The van der Waals surface area contributed by atoms with Gasteiger partial charge in [0.1, 0.15) is 6.07 Å². The Morgan fingerprint density at radius 3 is 2.63 bits per heavy atom. The number of hydrogen-bond acceptors (Lipinski definition) is 2. The lowest BCUT2D eigenvalue weighted by atomic mass is 10.1. The van der Waals surface area contributed by atoms with Gasteiger partial charge in [-0.15, -0.1) is 0 Å². The largest absolute Gasteiger partial charge is 0.363 e. The van der Waals surface area contributed by atoms with Gasteiger partial charge in [-0.05, 0) is 41.5 Å². The summed E-state index contributed by atoms with van der Waals surface area (Å²) in [7, 11) is 0. The summed E-state index contributed by atoms with van der Waals surface area (Å²) in [5.74, 6) is 0. The van der Waals surface area contributed by atoms with Crippen molar-refractivity contribution in [1.29, 1.82) is 5.26 Å². The molecule has 0 amide bonds. The second-order valence-electron chi connectivity index (χ2n) is 4.55. The topological polar surface area (TPSA) is 27.0 Å². The third kappa shape index (κ3) is 2.34. The zero-order valence-electron chi connectivity index (χ0n) is 10.0. The fraction of sp³-hybridized carbons (Fsp3) is 0.133. The van der Waals surface area contributed by atoms with Gasteiger partial charge in [0, 0.05) is 23.2 Å². The normalized spacial score (nSPS) is 13.2. The van der Waals surface area contributed by atoms with Crippen LogP contribution < -0.4 is 4.90 Å². The quantitative estimate of drug-likeness (QED) is 0.768. The van der Waals surface area contributed by atoms with Crippen LogP contribution in [0.25, 0.3) is 0 Å². The lowest BCUT2D eigenvalue weighted by molar-refractivity contribution is 0.880. The molecule has 94 valence electrons. The Morgan fingerprint density at radius 2 is 1.89 bits per heavy atom. The van der Waals surface area contributed by atoms with Crippen molar-refractivity contribution in [2.45, 2.75) is 13.1 Å². The Morgan fingerprint density at radius 1 is 1.11 bits per heavy atom. The van der Waals surface area contributed by atoms with E-state index >= 15 is 0 Å². The smallest absolute Gasteiger partial charge is 0.101 e.